The fraction of sp³-hybridized carbons (Fsp3) is 0.312. The van der Waals surface area contributed by atoms with Crippen LogP contribution in [0.25, 0.3) is 5.76 Å². The number of rotatable bonds is 13. The number of aryl methyl sites for hydroxylation is 1. The average molecular weight is 623 g/mol. The van der Waals surface area contributed by atoms with Crippen molar-refractivity contribution in [3.8, 4) is 23.0 Å². The number of amides is 1. The molecule has 0 aliphatic carbocycles. The van der Waals surface area contributed by atoms with Crippen molar-refractivity contribution in [1.29, 1.82) is 0 Å². The van der Waals surface area contributed by atoms with E-state index in [0.29, 0.717) is 34.9 Å². The maximum absolute atomic E-state index is 13.7. The SMILES string of the molecule is C=CCOC(=O)c1sc(N2C(=O)C(=O)C(=C(O)c3ccc(OCCCC)cc3)C2c2cc(OC)c(OC)c(OC)c2)nc1C. The Morgan fingerprint density at radius 3 is 2.32 bits per heavy atom. The zero-order valence-electron chi connectivity index (χ0n) is 25.2. The molecule has 1 fully saturated rings. The Morgan fingerprint density at radius 1 is 1.09 bits per heavy atom. The molecule has 0 saturated carbocycles. The Balaban J connectivity index is 1.90. The second-order valence-corrected chi connectivity index (χ2v) is 10.6. The number of hydrogen-bond acceptors (Lipinski definition) is 11. The molecule has 1 N–H and O–H groups in total. The monoisotopic (exact) mass is 622 g/mol. The van der Waals surface area contributed by atoms with E-state index >= 15 is 0 Å². The summed E-state index contributed by atoms with van der Waals surface area (Å²) in [7, 11) is 4.33. The topological polar surface area (TPSA) is 134 Å². The zero-order valence-corrected chi connectivity index (χ0v) is 26.0. The fourth-order valence-electron chi connectivity index (χ4n) is 4.68. The van der Waals surface area contributed by atoms with E-state index in [0.717, 1.165) is 29.1 Å². The highest BCUT2D eigenvalue weighted by molar-refractivity contribution is 7.17. The minimum absolute atomic E-state index is 0.0100. The van der Waals surface area contributed by atoms with Crippen molar-refractivity contribution in [3.63, 3.8) is 0 Å². The van der Waals surface area contributed by atoms with Crippen LogP contribution in [0.15, 0.2) is 54.6 Å². The lowest BCUT2D eigenvalue weighted by Gasteiger charge is -2.24. The zero-order chi connectivity index (χ0) is 32.0. The Kier molecular flexibility index (Phi) is 10.3. The molecule has 1 aromatic heterocycles. The molecule has 2 aromatic carbocycles. The van der Waals surface area contributed by atoms with E-state index in [9.17, 15) is 19.5 Å². The van der Waals surface area contributed by atoms with Gasteiger partial charge in [0, 0.05) is 5.56 Å². The van der Waals surface area contributed by atoms with Gasteiger partial charge in [-0.2, -0.15) is 0 Å². The van der Waals surface area contributed by atoms with Crippen LogP contribution in [-0.2, 0) is 14.3 Å². The summed E-state index contributed by atoms with van der Waals surface area (Å²) in [5, 5.41) is 11.6. The third kappa shape index (κ3) is 6.25. The van der Waals surface area contributed by atoms with Gasteiger partial charge in [0.1, 0.15) is 23.0 Å². The predicted octanol–water partition coefficient (Wildman–Crippen LogP) is 5.63. The number of esters is 1. The second kappa shape index (κ2) is 14.1. The van der Waals surface area contributed by atoms with Gasteiger partial charge in [-0.1, -0.05) is 37.3 Å². The van der Waals surface area contributed by atoms with Crippen molar-refractivity contribution in [2.75, 3.05) is 39.4 Å². The molecule has 0 spiro atoms. The van der Waals surface area contributed by atoms with Crippen LogP contribution in [0.3, 0.4) is 0 Å². The van der Waals surface area contributed by atoms with Crippen LogP contribution in [0.4, 0.5) is 5.13 Å². The number of aromatic nitrogens is 1. The third-order valence-electron chi connectivity index (χ3n) is 6.85. The number of aliphatic hydroxyl groups is 1. The lowest BCUT2D eigenvalue weighted by atomic mass is 9.94. The summed E-state index contributed by atoms with van der Waals surface area (Å²) in [6, 6.07) is 8.58. The number of anilines is 1. The molecule has 11 nitrogen and oxygen atoms in total. The number of ketones is 1. The Hall–Kier alpha value is -4.84. The predicted molar refractivity (Wildman–Crippen MR) is 165 cm³/mol. The number of hydrogen-bond donors (Lipinski definition) is 1. The van der Waals surface area contributed by atoms with Crippen LogP contribution in [0.1, 0.15) is 52.3 Å². The number of carbonyl (C=O) groups is 3. The Labute approximate surface area is 259 Å². The van der Waals surface area contributed by atoms with Crippen molar-refractivity contribution in [2.24, 2.45) is 0 Å². The summed E-state index contributed by atoms with van der Waals surface area (Å²) in [6.45, 7) is 7.74. The molecule has 2 heterocycles. The molecule has 1 unspecified atom stereocenters. The Morgan fingerprint density at radius 2 is 1.75 bits per heavy atom. The first-order valence-corrected chi connectivity index (χ1v) is 14.6. The van der Waals surface area contributed by atoms with Gasteiger partial charge in [0.25, 0.3) is 5.78 Å². The lowest BCUT2D eigenvalue weighted by Crippen LogP contribution is -2.29. The number of aliphatic hydroxyl groups excluding tert-OH is 1. The van der Waals surface area contributed by atoms with Crippen molar-refractivity contribution in [3.05, 3.63) is 76.3 Å². The molecular formula is C32H34N2O9S. The standard InChI is InChI=1S/C32H34N2O9S/c1-7-9-15-42-21-12-10-19(11-13-21)26(35)24-25(20-16-22(39-4)28(41-6)23(17-20)40-5)34(30(37)27(24)36)32-33-18(3)29(44-32)31(38)43-14-8-2/h8,10-13,16-17,25,35H,2,7,9,14-15H2,1,3-6H3. The van der Waals surface area contributed by atoms with Gasteiger partial charge in [0.05, 0.1) is 45.2 Å². The van der Waals surface area contributed by atoms with Crippen LogP contribution in [0.5, 0.6) is 23.0 Å². The maximum Gasteiger partial charge on any atom is 0.350 e. The number of methoxy groups -OCH3 is 3. The number of unbranched alkanes of at least 4 members (excludes halogenated alkanes) is 1. The molecule has 1 amide bonds. The van der Waals surface area contributed by atoms with Crippen molar-refractivity contribution in [2.45, 2.75) is 32.7 Å². The summed E-state index contributed by atoms with van der Waals surface area (Å²) in [6.07, 6.45) is 3.31. The summed E-state index contributed by atoms with van der Waals surface area (Å²) < 4.78 is 27.4. The highest BCUT2D eigenvalue weighted by Gasteiger charge is 2.49. The molecule has 44 heavy (non-hydrogen) atoms. The van der Waals surface area contributed by atoms with E-state index in [1.54, 1.807) is 43.3 Å². The van der Waals surface area contributed by atoms with Crippen molar-refractivity contribution in [1.82, 2.24) is 4.98 Å². The van der Waals surface area contributed by atoms with E-state index in [1.165, 1.54) is 27.4 Å². The number of thiazole rings is 1. The van der Waals surface area contributed by atoms with E-state index in [-0.39, 0.29) is 33.7 Å². The molecule has 0 radical (unpaired) electrons. The van der Waals surface area contributed by atoms with Crippen LogP contribution in [0, 0.1) is 6.92 Å². The van der Waals surface area contributed by atoms with Gasteiger partial charge in [-0.05, 0) is 55.3 Å². The number of Topliss-reactive ketones (excluding diaryl/α,β-unsaturated/α-hetero) is 1. The van der Waals surface area contributed by atoms with E-state index in [4.69, 9.17) is 23.7 Å². The molecule has 4 rings (SSSR count). The number of ether oxygens (including phenoxy) is 5. The Bertz CT molecular complexity index is 1570. The van der Waals surface area contributed by atoms with E-state index < -0.39 is 29.5 Å². The van der Waals surface area contributed by atoms with Gasteiger partial charge in [0.15, 0.2) is 16.6 Å². The molecule has 1 aliphatic rings. The molecule has 1 atom stereocenters. The fourth-order valence-corrected chi connectivity index (χ4v) is 5.67. The molecule has 3 aromatic rings. The third-order valence-corrected chi connectivity index (χ3v) is 7.99. The number of benzene rings is 2. The van der Waals surface area contributed by atoms with Gasteiger partial charge >= 0.3 is 11.9 Å². The van der Waals surface area contributed by atoms with Gasteiger partial charge < -0.3 is 28.8 Å². The first-order valence-electron chi connectivity index (χ1n) is 13.8. The quantitative estimate of drug-likeness (QED) is 0.0639. The van der Waals surface area contributed by atoms with Gasteiger partial charge in [-0.3, -0.25) is 14.5 Å². The summed E-state index contributed by atoms with van der Waals surface area (Å²) in [4.78, 5) is 45.8. The molecular weight excluding hydrogens is 588 g/mol. The van der Waals surface area contributed by atoms with Crippen molar-refractivity contribution < 1.29 is 43.2 Å². The van der Waals surface area contributed by atoms with Crippen LogP contribution in [-0.4, -0.2) is 62.3 Å². The second-order valence-electron chi connectivity index (χ2n) is 9.65. The van der Waals surface area contributed by atoms with Gasteiger partial charge in [-0.25, -0.2) is 9.78 Å². The highest BCUT2D eigenvalue weighted by atomic mass is 32.1. The molecule has 1 aliphatic heterocycles. The molecule has 12 heteroatoms. The maximum atomic E-state index is 13.7. The highest BCUT2D eigenvalue weighted by Crippen LogP contribution is 2.48. The minimum atomic E-state index is -1.17. The number of nitrogens with zero attached hydrogens (tertiary/aromatic N) is 2. The van der Waals surface area contributed by atoms with Gasteiger partial charge in [0.2, 0.25) is 5.75 Å². The largest absolute Gasteiger partial charge is 0.507 e. The smallest absolute Gasteiger partial charge is 0.350 e. The average Bonchev–Trinajstić information content (AvgIpc) is 3.55. The van der Waals surface area contributed by atoms with Crippen molar-refractivity contribution >= 4 is 39.9 Å². The van der Waals surface area contributed by atoms with Crippen LogP contribution in [0.2, 0.25) is 0 Å². The summed E-state index contributed by atoms with van der Waals surface area (Å²) in [5.74, 6) is -1.48. The minimum Gasteiger partial charge on any atom is -0.507 e. The molecule has 232 valence electrons. The molecule has 0 bridgehead atoms. The van der Waals surface area contributed by atoms with Gasteiger partial charge in [-0.15, -0.1) is 0 Å². The molecule has 1 saturated heterocycles. The van der Waals surface area contributed by atoms with E-state index in [1.807, 2.05) is 0 Å². The summed E-state index contributed by atoms with van der Waals surface area (Å²) >= 11 is 0.893. The van der Waals surface area contributed by atoms with E-state index in [2.05, 4.69) is 18.5 Å². The van der Waals surface area contributed by atoms with Crippen LogP contribution >= 0.6 is 11.3 Å². The number of carbonyl (C=O) groups excluding carboxylic acids is 3. The first kappa shape index (κ1) is 32.1. The lowest BCUT2D eigenvalue weighted by molar-refractivity contribution is -0.132. The van der Waals surface area contributed by atoms with Crippen LogP contribution < -0.4 is 23.8 Å². The normalized spacial score (nSPS) is 15.7. The summed E-state index contributed by atoms with van der Waals surface area (Å²) in [5.41, 5.74) is 0.784. The first-order chi connectivity index (χ1) is 21.2.